The van der Waals surface area contributed by atoms with Gasteiger partial charge in [0.05, 0.1) is 6.61 Å². The number of benzene rings is 2. The summed E-state index contributed by atoms with van der Waals surface area (Å²) in [6.45, 7) is 0.0855. The Morgan fingerprint density at radius 2 is 1.76 bits per heavy atom. The molecule has 0 aliphatic rings. The number of hydrogen-bond donors (Lipinski definition) is 1. The lowest BCUT2D eigenvalue weighted by atomic mass is 10.2. The van der Waals surface area contributed by atoms with Crippen molar-refractivity contribution in [2.45, 2.75) is 17.3 Å². The van der Waals surface area contributed by atoms with Gasteiger partial charge in [0.25, 0.3) is 0 Å². The molecular weight excluding hydrogens is 296 g/mol. The van der Waals surface area contributed by atoms with Crippen molar-refractivity contribution in [3.63, 3.8) is 0 Å². The van der Waals surface area contributed by atoms with Crippen LogP contribution in [-0.2, 0) is 12.4 Å². The minimum absolute atomic E-state index is 0.0855. The molecule has 0 radical (unpaired) electrons. The zero-order valence-corrected chi connectivity index (χ0v) is 11.7. The van der Waals surface area contributed by atoms with E-state index in [1.54, 1.807) is 11.8 Å². The lowest BCUT2D eigenvalue weighted by Gasteiger charge is -2.06. The van der Waals surface area contributed by atoms with E-state index in [2.05, 4.69) is 40.2 Å². The fourth-order valence-electron chi connectivity index (χ4n) is 1.50. The van der Waals surface area contributed by atoms with Crippen LogP contribution < -0.4 is 0 Å². The van der Waals surface area contributed by atoms with Crippen LogP contribution in [-0.4, -0.2) is 5.11 Å². The monoisotopic (exact) mass is 308 g/mol. The maximum Gasteiger partial charge on any atom is 0.0682 e. The standard InChI is InChI=1S/C14H13BrOS/c15-13-8-12(9-16)6-7-14(13)17-10-11-4-2-1-3-5-11/h1-8,16H,9-10H2. The van der Waals surface area contributed by atoms with E-state index >= 15 is 0 Å². The molecule has 2 aromatic rings. The zero-order chi connectivity index (χ0) is 12.1. The smallest absolute Gasteiger partial charge is 0.0682 e. The molecule has 0 fully saturated rings. The summed E-state index contributed by atoms with van der Waals surface area (Å²) in [5, 5.41) is 9.03. The highest BCUT2D eigenvalue weighted by Gasteiger charge is 2.02. The molecule has 2 aromatic carbocycles. The van der Waals surface area contributed by atoms with Gasteiger partial charge in [-0.3, -0.25) is 0 Å². The van der Waals surface area contributed by atoms with Crippen LogP contribution in [0, 0.1) is 0 Å². The second kappa shape index (κ2) is 6.24. The van der Waals surface area contributed by atoms with Gasteiger partial charge in [-0.1, -0.05) is 36.4 Å². The van der Waals surface area contributed by atoms with Crippen molar-refractivity contribution in [1.29, 1.82) is 0 Å². The fraction of sp³-hybridized carbons (Fsp3) is 0.143. The number of aliphatic hydroxyl groups is 1. The Hall–Kier alpha value is -0.770. The number of rotatable bonds is 4. The van der Waals surface area contributed by atoms with Gasteiger partial charge in [-0.25, -0.2) is 0 Å². The third kappa shape index (κ3) is 3.60. The second-order valence-corrected chi connectivity index (χ2v) is 5.57. The molecular formula is C14H13BrOS. The van der Waals surface area contributed by atoms with Crippen molar-refractivity contribution in [1.82, 2.24) is 0 Å². The molecule has 1 N–H and O–H groups in total. The van der Waals surface area contributed by atoms with Crippen molar-refractivity contribution in [3.8, 4) is 0 Å². The van der Waals surface area contributed by atoms with Gasteiger partial charge in [0.15, 0.2) is 0 Å². The van der Waals surface area contributed by atoms with Crippen LogP contribution in [0.5, 0.6) is 0 Å². The van der Waals surface area contributed by atoms with Gasteiger partial charge >= 0.3 is 0 Å². The average Bonchev–Trinajstić information content (AvgIpc) is 2.38. The Kier molecular flexibility index (Phi) is 4.66. The van der Waals surface area contributed by atoms with Gasteiger partial charge in [-0.15, -0.1) is 11.8 Å². The highest BCUT2D eigenvalue weighted by molar-refractivity contribution is 9.10. The first-order valence-electron chi connectivity index (χ1n) is 5.35. The molecule has 0 aliphatic heterocycles. The van der Waals surface area contributed by atoms with E-state index in [0.29, 0.717) is 0 Å². The van der Waals surface area contributed by atoms with Crippen molar-refractivity contribution in [3.05, 3.63) is 64.1 Å². The summed E-state index contributed by atoms with van der Waals surface area (Å²) >= 11 is 5.32. The molecule has 88 valence electrons. The summed E-state index contributed by atoms with van der Waals surface area (Å²) < 4.78 is 1.05. The fourth-order valence-corrected chi connectivity index (χ4v) is 3.14. The predicted molar refractivity (Wildman–Crippen MR) is 76.1 cm³/mol. The molecule has 0 amide bonds. The van der Waals surface area contributed by atoms with Crippen LogP contribution in [0.4, 0.5) is 0 Å². The molecule has 0 atom stereocenters. The molecule has 0 aromatic heterocycles. The number of hydrogen-bond acceptors (Lipinski definition) is 2. The van der Waals surface area contributed by atoms with E-state index in [1.165, 1.54) is 10.5 Å². The summed E-state index contributed by atoms with van der Waals surface area (Å²) in [6, 6.07) is 16.4. The highest BCUT2D eigenvalue weighted by atomic mass is 79.9. The number of aliphatic hydroxyl groups excluding tert-OH is 1. The summed E-state index contributed by atoms with van der Waals surface area (Å²) in [6.07, 6.45) is 0. The Morgan fingerprint density at radius 3 is 2.41 bits per heavy atom. The van der Waals surface area contributed by atoms with E-state index in [0.717, 1.165) is 15.8 Å². The summed E-state index contributed by atoms with van der Waals surface area (Å²) in [7, 11) is 0. The zero-order valence-electron chi connectivity index (χ0n) is 9.27. The molecule has 3 heteroatoms. The molecule has 0 saturated heterocycles. The summed E-state index contributed by atoms with van der Waals surface area (Å²) in [5.74, 6) is 0.956. The molecule has 0 bridgehead atoms. The van der Waals surface area contributed by atoms with Crippen molar-refractivity contribution in [2.24, 2.45) is 0 Å². The SMILES string of the molecule is OCc1ccc(SCc2ccccc2)c(Br)c1. The van der Waals surface area contributed by atoms with Gasteiger partial charge in [-0.05, 0) is 39.2 Å². The molecule has 17 heavy (non-hydrogen) atoms. The summed E-state index contributed by atoms with van der Waals surface area (Å²) in [4.78, 5) is 1.20. The third-order valence-corrected chi connectivity index (χ3v) is 4.48. The van der Waals surface area contributed by atoms with Crippen molar-refractivity contribution in [2.75, 3.05) is 0 Å². The van der Waals surface area contributed by atoms with Gasteiger partial charge in [-0.2, -0.15) is 0 Å². The highest BCUT2D eigenvalue weighted by Crippen LogP contribution is 2.30. The normalized spacial score (nSPS) is 10.5. The maximum absolute atomic E-state index is 9.03. The van der Waals surface area contributed by atoms with Crippen LogP contribution in [0.2, 0.25) is 0 Å². The molecule has 2 rings (SSSR count). The van der Waals surface area contributed by atoms with Gasteiger partial charge in [0, 0.05) is 15.1 Å². The van der Waals surface area contributed by atoms with Crippen LogP contribution in [0.3, 0.4) is 0 Å². The first-order valence-corrected chi connectivity index (χ1v) is 7.13. The van der Waals surface area contributed by atoms with E-state index in [-0.39, 0.29) is 6.61 Å². The average molecular weight is 309 g/mol. The Bertz CT molecular complexity index is 485. The number of thioether (sulfide) groups is 1. The Balaban J connectivity index is 2.04. The Morgan fingerprint density at radius 1 is 1.00 bits per heavy atom. The van der Waals surface area contributed by atoms with Crippen LogP contribution in [0.25, 0.3) is 0 Å². The third-order valence-electron chi connectivity index (χ3n) is 2.42. The van der Waals surface area contributed by atoms with Gasteiger partial charge in [0.2, 0.25) is 0 Å². The Labute approximate surface area is 114 Å². The van der Waals surface area contributed by atoms with Crippen LogP contribution in [0.1, 0.15) is 11.1 Å². The van der Waals surface area contributed by atoms with E-state index in [1.807, 2.05) is 24.3 Å². The van der Waals surface area contributed by atoms with Crippen LogP contribution >= 0.6 is 27.7 Å². The molecule has 1 nitrogen and oxygen atoms in total. The second-order valence-electron chi connectivity index (χ2n) is 3.70. The molecule has 0 spiro atoms. The van der Waals surface area contributed by atoms with Crippen LogP contribution in [0.15, 0.2) is 57.9 Å². The molecule has 0 heterocycles. The summed E-state index contributed by atoms with van der Waals surface area (Å²) in [5.41, 5.74) is 2.25. The molecule has 0 saturated carbocycles. The van der Waals surface area contributed by atoms with Crippen molar-refractivity contribution >= 4 is 27.7 Å². The topological polar surface area (TPSA) is 20.2 Å². The quantitative estimate of drug-likeness (QED) is 0.853. The minimum atomic E-state index is 0.0855. The van der Waals surface area contributed by atoms with E-state index < -0.39 is 0 Å². The number of halogens is 1. The predicted octanol–water partition coefficient (Wildman–Crippen LogP) is 4.23. The lowest BCUT2D eigenvalue weighted by Crippen LogP contribution is -1.85. The first-order chi connectivity index (χ1) is 8.29. The van der Waals surface area contributed by atoms with Crippen molar-refractivity contribution < 1.29 is 5.11 Å². The van der Waals surface area contributed by atoms with Gasteiger partial charge < -0.3 is 5.11 Å². The molecule has 0 unspecified atom stereocenters. The minimum Gasteiger partial charge on any atom is -0.392 e. The van der Waals surface area contributed by atoms with Gasteiger partial charge in [0.1, 0.15) is 0 Å². The lowest BCUT2D eigenvalue weighted by molar-refractivity contribution is 0.281. The first kappa shape index (κ1) is 12.7. The molecule has 0 aliphatic carbocycles. The van der Waals surface area contributed by atoms with E-state index in [4.69, 9.17) is 5.11 Å². The maximum atomic E-state index is 9.03. The largest absolute Gasteiger partial charge is 0.392 e. The van der Waals surface area contributed by atoms with E-state index in [9.17, 15) is 0 Å².